The normalized spacial score (nSPS) is 20.7. The summed E-state index contributed by atoms with van der Waals surface area (Å²) in [6.07, 6.45) is 2.26. The molecule has 0 N–H and O–H groups in total. The number of nitro groups is 1. The van der Waals surface area contributed by atoms with Crippen molar-refractivity contribution in [2.24, 2.45) is 5.92 Å². The molecule has 5 rings (SSSR count). The second-order valence-electron chi connectivity index (χ2n) is 7.96. The maximum absolute atomic E-state index is 13.6. The van der Waals surface area contributed by atoms with Gasteiger partial charge in [0.05, 0.1) is 4.92 Å². The summed E-state index contributed by atoms with van der Waals surface area (Å²) in [4.78, 5) is 38.5. The molecule has 11 heteroatoms. The van der Waals surface area contributed by atoms with Crippen molar-refractivity contribution in [3.8, 4) is 0 Å². The minimum absolute atomic E-state index is 0.0419. The molecule has 1 fully saturated rings. The van der Waals surface area contributed by atoms with E-state index < -0.39 is 22.2 Å². The number of rotatable bonds is 4. The first-order valence-electron chi connectivity index (χ1n) is 9.97. The fraction of sp³-hybridized carbons (Fsp3) is 0.350. The van der Waals surface area contributed by atoms with Crippen LogP contribution in [-0.2, 0) is 11.3 Å². The standard InChI is InChI=1S/C20H19N7O4/c28-19-17(27(30)31)7-6-16-15-8-13(10-25(16)19)9-24(11-15)20(29)18(26-12-21-22-23-26)14-4-2-1-3-5-14/h1-7,12-13,15,18H,8-11H2/t13-,15+,18+/m1/s1. The molecule has 0 spiro atoms. The number of fused-ring (bicyclic) bond motifs is 4. The third kappa shape index (κ3) is 3.27. The van der Waals surface area contributed by atoms with Gasteiger partial charge in [0.25, 0.3) is 5.91 Å². The van der Waals surface area contributed by atoms with Crippen LogP contribution >= 0.6 is 0 Å². The van der Waals surface area contributed by atoms with Gasteiger partial charge in [-0.1, -0.05) is 30.3 Å². The lowest BCUT2D eigenvalue weighted by Crippen LogP contribution is -2.51. The second-order valence-corrected chi connectivity index (χ2v) is 7.96. The Hall–Kier alpha value is -3.89. The molecule has 0 unspecified atom stereocenters. The van der Waals surface area contributed by atoms with Crippen molar-refractivity contribution in [3.63, 3.8) is 0 Å². The fourth-order valence-corrected chi connectivity index (χ4v) is 4.76. The van der Waals surface area contributed by atoms with Gasteiger partial charge in [-0.05, 0) is 34.4 Å². The Kier molecular flexibility index (Phi) is 4.57. The number of aromatic nitrogens is 5. The molecule has 4 heterocycles. The van der Waals surface area contributed by atoms with E-state index in [1.54, 1.807) is 11.0 Å². The van der Waals surface area contributed by atoms with Crippen molar-refractivity contribution in [1.82, 2.24) is 29.7 Å². The number of nitrogens with zero attached hydrogens (tertiary/aromatic N) is 7. The molecular formula is C20H19N7O4. The zero-order valence-corrected chi connectivity index (χ0v) is 16.4. The zero-order valence-electron chi connectivity index (χ0n) is 16.4. The highest BCUT2D eigenvalue weighted by Crippen LogP contribution is 2.36. The third-order valence-corrected chi connectivity index (χ3v) is 6.07. The average molecular weight is 421 g/mol. The first-order valence-corrected chi connectivity index (χ1v) is 9.97. The SMILES string of the molecule is O=C([C@H](c1ccccc1)n1cnnn1)N1C[C@H]2C[C@@H](C1)c1ccc([N+](=O)[O-])c(=O)n1C2. The summed E-state index contributed by atoms with van der Waals surface area (Å²) in [5, 5.41) is 22.5. The lowest BCUT2D eigenvalue weighted by atomic mass is 9.82. The van der Waals surface area contributed by atoms with E-state index in [9.17, 15) is 19.7 Å². The number of pyridine rings is 1. The van der Waals surface area contributed by atoms with Crippen LogP contribution in [0.4, 0.5) is 5.69 Å². The Balaban J connectivity index is 1.47. The van der Waals surface area contributed by atoms with Crippen molar-refractivity contribution < 1.29 is 9.72 Å². The molecule has 2 aliphatic heterocycles. The minimum Gasteiger partial charge on any atom is -0.340 e. The molecule has 3 aromatic rings. The predicted molar refractivity (Wildman–Crippen MR) is 107 cm³/mol. The smallest absolute Gasteiger partial charge is 0.334 e. The molecule has 3 atom stereocenters. The van der Waals surface area contributed by atoms with Crippen LogP contribution in [0, 0.1) is 16.0 Å². The van der Waals surface area contributed by atoms with Gasteiger partial charge in [-0.15, -0.1) is 5.10 Å². The van der Waals surface area contributed by atoms with Gasteiger partial charge in [0.1, 0.15) is 6.33 Å². The molecule has 1 saturated heterocycles. The van der Waals surface area contributed by atoms with Gasteiger partial charge < -0.3 is 9.47 Å². The number of amides is 1. The Bertz CT molecular complexity index is 1190. The number of piperidine rings is 1. The Labute approximate surface area is 176 Å². The van der Waals surface area contributed by atoms with Crippen LogP contribution in [0.15, 0.2) is 53.6 Å². The summed E-state index contributed by atoms with van der Waals surface area (Å²) >= 11 is 0. The topological polar surface area (TPSA) is 129 Å². The first-order chi connectivity index (χ1) is 15.0. The Morgan fingerprint density at radius 1 is 1.13 bits per heavy atom. The monoisotopic (exact) mass is 421 g/mol. The number of likely N-dealkylation sites (tertiary alicyclic amines) is 1. The summed E-state index contributed by atoms with van der Waals surface area (Å²) in [7, 11) is 0. The maximum Gasteiger partial charge on any atom is 0.334 e. The summed E-state index contributed by atoms with van der Waals surface area (Å²) in [6, 6.07) is 11.6. The molecular weight excluding hydrogens is 402 g/mol. The van der Waals surface area contributed by atoms with Crippen LogP contribution in [-0.4, -0.2) is 53.6 Å². The average Bonchev–Trinajstić information content (AvgIpc) is 3.29. The van der Waals surface area contributed by atoms with Crippen LogP contribution in [0.2, 0.25) is 0 Å². The molecule has 2 bridgehead atoms. The highest BCUT2D eigenvalue weighted by atomic mass is 16.6. The number of benzene rings is 1. The van der Waals surface area contributed by atoms with Crippen molar-refractivity contribution in [3.05, 3.63) is 80.5 Å². The van der Waals surface area contributed by atoms with Crippen LogP contribution < -0.4 is 5.56 Å². The lowest BCUT2D eigenvalue weighted by molar-refractivity contribution is -0.386. The van der Waals surface area contributed by atoms with E-state index in [0.29, 0.717) is 19.6 Å². The van der Waals surface area contributed by atoms with Crippen molar-refractivity contribution in [1.29, 1.82) is 0 Å². The quantitative estimate of drug-likeness (QED) is 0.453. The van der Waals surface area contributed by atoms with Gasteiger partial charge in [0.15, 0.2) is 6.04 Å². The fourth-order valence-electron chi connectivity index (χ4n) is 4.76. The second kappa shape index (κ2) is 7.42. The molecule has 1 aromatic carbocycles. The number of hydrogen-bond acceptors (Lipinski definition) is 7. The summed E-state index contributed by atoms with van der Waals surface area (Å²) < 4.78 is 2.96. The van der Waals surface area contributed by atoms with Gasteiger partial charge in [-0.2, -0.15) is 0 Å². The molecule has 0 aliphatic carbocycles. The van der Waals surface area contributed by atoms with Gasteiger partial charge >= 0.3 is 11.2 Å². The van der Waals surface area contributed by atoms with Gasteiger partial charge in [-0.3, -0.25) is 19.7 Å². The molecule has 0 saturated carbocycles. The highest BCUT2D eigenvalue weighted by Gasteiger charge is 2.40. The van der Waals surface area contributed by atoms with E-state index in [1.807, 2.05) is 30.3 Å². The summed E-state index contributed by atoms with van der Waals surface area (Å²) in [6.45, 7) is 1.25. The molecule has 2 aliphatic rings. The molecule has 0 radical (unpaired) electrons. The number of tetrazole rings is 1. The molecule has 11 nitrogen and oxygen atoms in total. The summed E-state index contributed by atoms with van der Waals surface area (Å²) in [5.74, 6) is -0.138. The van der Waals surface area contributed by atoms with E-state index in [0.717, 1.165) is 17.7 Å². The van der Waals surface area contributed by atoms with Crippen LogP contribution in [0.5, 0.6) is 0 Å². The van der Waals surface area contributed by atoms with Crippen molar-refractivity contribution >= 4 is 11.6 Å². The predicted octanol–water partition coefficient (Wildman–Crippen LogP) is 0.978. The number of carbonyl (C=O) groups is 1. The van der Waals surface area contributed by atoms with E-state index in [1.165, 1.54) is 21.6 Å². The van der Waals surface area contributed by atoms with Crippen LogP contribution in [0.1, 0.15) is 29.6 Å². The lowest BCUT2D eigenvalue weighted by Gasteiger charge is -2.43. The van der Waals surface area contributed by atoms with Crippen LogP contribution in [0.25, 0.3) is 0 Å². The van der Waals surface area contributed by atoms with Gasteiger partial charge in [0, 0.05) is 37.3 Å². The minimum atomic E-state index is -0.686. The van der Waals surface area contributed by atoms with Crippen molar-refractivity contribution in [2.75, 3.05) is 13.1 Å². The molecule has 158 valence electrons. The highest BCUT2D eigenvalue weighted by molar-refractivity contribution is 5.83. The Morgan fingerprint density at radius 2 is 1.94 bits per heavy atom. The van der Waals surface area contributed by atoms with E-state index in [4.69, 9.17) is 0 Å². The largest absolute Gasteiger partial charge is 0.340 e. The van der Waals surface area contributed by atoms with Crippen LogP contribution in [0.3, 0.4) is 0 Å². The van der Waals surface area contributed by atoms with E-state index in [2.05, 4.69) is 15.5 Å². The van der Waals surface area contributed by atoms with E-state index >= 15 is 0 Å². The zero-order chi connectivity index (χ0) is 21.5. The molecule has 31 heavy (non-hydrogen) atoms. The number of hydrogen-bond donors (Lipinski definition) is 0. The van der Waals surface area contributed by atoms with Gasteiger partial charge in [0.2, 0.25) is 0 Å². The van der Waals surface area contributed by atoms with Gasteiger partial charge in [-0.25, -0.2) is 4.68 Å². The third-order valence-electron chi connectivity index (χ3n) is 6.07. The van der Waals surface area contributed by atoms with Crippen molar-refractivity contribution in [2.45, 2.75) is 24.9 Å². The summed E-state index contributed by atoms with van der Waals surface area (Å²) in [5.41, 5.74) is 0.526. The molecule has 2 aromatic heterocycles. The maximum atomic E-state index is 13.6. The van der Waals surface area contributed by atoms with E-state index in [-0.39, 0.29) is 17.7 Å². The molecule has 1 amide bonds. The Morgan fingerprint density at radius 3 is 2.65 bits per heavy atom. The number of carbonyl (C=O) groups excluding carboxylic acids is 1. The first kappa shape index (κ1) is 19.1.